The molecular formula is C7H2BrClF3N3. The maximum Gasteiger partial charge on any atom is 0.180 e. The summed E-state index contributed by atoms with van der Waals surface area (Å²) in [7, 11) is 0. The summed E-state index contributed by atoms with van der Waals surface area (Å²) in [5, 5.41) is 2.07. The summed E-state index contributed by atoms with van der Waals surface area (Å²) in [6.07, 6.45) is 0. The van der Waals surface area contributed by atoms with Crippen LogP contribution < -0.4 is 0 Å². The molecule has 0 spiro atoms. The van der Waals surface area contributed by atoms with Crippen LogP contribution in [0.2, 0.25) is 5.02 Å². The van der Waals surface area contributed by atoms with Crippen molar-refractivity contribution in [2.75, 3.05) is 0 Å². The van der Waals surface area contributed by atoms with Crippen LogP contribution in [0.15, 0.2) is 9.59 Å². The minimum Gasteiger partial charge on any atom is -0.204 e. The fourth-order valence-electron chi connectivity index (χ4n) is 0.892. The summed E-state index contributed by atoms with van der Waals surface area (Å²) < 4.78 is 38.9. The van der Waals surface area contributed by atoms with Crippen LogP contribution in [0.5, 0.6) is 0 Å². The standard InChI is InChI=1S/C7H2BrClF3N3/c8-3-2(1-14-15-13)5(10)7(12)4(9)6(3)11/h1H2. The second kappa shape index (κ2) is 4.74. The quantitative estimate of drug-likeness (QED) is 0.257. The van der Waals surface area contributed by atoms with Crippen molar-refractivity contribution in [3.63, 3.8) is 0 Å². The van der Waals surface area contributed by atoms with Gasteiger partial charge in [-0.2, -0.15) is 0 Å². The van der Waals surface area contributed by atoms with Gasteiger partial charge in [0.1, 0.15) is 5.02 Å². The van der Waals surface area contributed by atoms with Crippen molar-refractivity contribution in [3.8, 4) is 0 Å². The molecule has 80 valence electrons. The molecule has 0 aliphatic rings. The van der Waals surface area contributed by atoms with E-state index in [9.17, 15) is 13.2 Å². The molecule has 1 rings (SSSR count). The lowest BCUT2D eigenvalue weighted by molar-refractivity contribution is 0.483. The van der Waals surface area contributed by atoms with Gasteiger partial charge in [-0.25, -0.2) is 13.2 Å². The lowest BCUT2D eigenvalue weighted by Crippen LogP contribution is -1.99. The molecule has 3 nitrogen and oxygen atoms in total. The zero-order chi connectivity index (χ0) is 11.6. The van der Waals surface area contributed by atoms with E-state index < -0.39 is 34.6 Å². The second-order valence-corrected chi connectivity index (χ2v) is 3.61. The van der Waals surface area contributed by atoms with Gasteiger partial charge in [-0.1, -0.05) is 16.7 Å². The van der Waals surface area contributed by atoms with Crippen LogP contribution in [0.1, 0.15) is 5.56 Å². The fraction of sp³-hybridized carbons (Fsp3) is 0.143. The third-order valence-electron chi connectivity index (χ3n) is 1.59. The first-order valence-corrected chi connectivity index (χ1v) is 4.69. The molecule has 0 aliphatic carbocycles. The maximum absolute atomic E-state index is 13.2. The first kappa shape index (κ1) is 12.2. The van der Waals surface area contributed by atoms with Gasteiger partial charge in [0.15, 0.2) is 17.5 Å². The molecule has 0 fully saturated rings. The highest BCUT2D eigenvalue weighted by molar-refractivity contribution is 9.10. The zero-order valence-electron chi connectivity index (χ0n) is 6.94. The van der Waals surface area contributed by atoms with Crippen LogP contribution in [0, 0.1) is 17.5 Å². The molecule has 0 unspecified atom stereocenters. The Morgan fingerprint density at radius 1 is 1.27 bits per heavy atom. The van der Waals surface area contributed by atoms with Gasteiger partial charge >= 0.3 is 0 Å². The number of rotatable bonds is 2. The zero-order valence-corrected chi connectivity index (χ0v) is 9.28. The van der Waals surface area contributed by atoms with Gasteiger partial charge in [0, 0.05) is 10.5 Å². The molecule has 0 amide bonds. The average molecular weight is 300 g/mol. The van der Waals surface area contributed by atoms with Crippen molar-refractivity contribution in [2.24, 2.45) is 5.11 Å². The summed E-state index contributed by atoms with van der Waals surface area (Å²) in [5.41, 5.74) is 7.60. The molecule has 1 aromatic carbocycles. The molecule has 0 saturated carbocycles. The molecule has 0 N–H and O–H groups in total. The fourth-order valence-corrected chi connectivity index (χ4v) is 1.68. The Kier molecular flexibility index (Phi) is 3.84. The maximum atomic E-state index is 13.2. The van der Waals surface area contributed by atoms with Gasteiger partial charge in [0.25, 0.3) is 0 Å². The van der Waals surface area contributed by atoms with Gasteiger partial charge in [-0.05, 0) is 21.5 Å². The lowest BCUT2D eigenvalue weighted by atomic mass is 10.2. The largest absolute Gasteiger partial charge is 0.204 e. The van der Waals surface area contributed by atoms with Gasteiger partial charge in [0.2, 0.25) is 0 Å². The van der Waals surface area contributed by atoms with Crippen LogP contribution in [-0.2, 0) is 6.54 Å². The summed E-state index contributed by atoms with van der Waals surface area (Å²) in [5.74, 6) is -3.96. The summed E-state index contributed by atoms with van der Waals surface area (Å²) >= 11 is 7.87. The Morgan fingerprint density at radius 2 is 1.87 bits per heavy atom. The minimum absolute atomic E-state index is 0.348. The van der Waals surface area contributed by atoms with E-state index in [1.807, 2.05) is 0 Å². The van der Waals surface area contributed by atoms with E-state index in [1.165, 1.54) is 0 Å². The molecule has 0 aromatic heterocycles. The Balaban J connectivity index is 3.44. The molecule has 0 heterocycles. The number of azide groups is 1. The molecule has 0 bridgehead atoms. The Bertz CT molecular complexity index is 430. The highest BCUT2D eigenvalue weighted by atomic mass is 79.9. The van der Waals surface area contributed by atoms with Gasteiger partial charge in [-0.3, -0.25) is 0 Å². The number of hydrogen-bond acceptors (Lipinski definition) is 1. The summed E-state index contributed by atoms with van der Waals surface area (Å²) in [4.78, 5) is 2.35. The van der Waals surface area contributed by atoms with E-state index in [2.05, 4.69) is 26.0 Å². The highest BCUT2D eigenvalue weighted by Gasteiger charge is 2.21. The molecule has 0 saturated heterocycles. The van der Waals surface area contributed by atoms with E-state index in [-0.39, 0.29) is 4.47 Å². The van der Waals surface area contributed by atoms with Crippen molar-refractivity contribution >= 4 is 27.5 Å². The van der Waals surface area contributed by atoms with Crippen LogP contribution in [0.4, 0.5) is 13.2 Å². The van der Waals surface area contributed by atoms with Gasteiger partial charge < -0.3 is 0 Å². The topological polar surface area (TPSA) is 48.8 Å². The molecule has 0 radical (unpaired) electrons. The average Bonchev–Trinajstić information content (AvgIpc) is 2.24. The number of halogens is 5. The van der Waals surface area contributed by atoms with E-state index in [0.29, 0.717) is 0 Å². The second-order valence-electron chi connectivity index (χ2n) is 2.44. The van der Waals surface area contributed by atoms with E-state index >= 15 is 0 Å². The predicted molar refractivity (Wildman–Crippen MR) is 51.9 cm³/mol. The van der Waals surface area contributed by atoms with Gasteiger partial charge in [-0.15, -0.1) is 0 Å². The van der Waals surface area contributed by atoms with Crippen molar-refractivity contribution in [1.82, 2.24) is 0 Å². The van der Waals surface area contributed by atoms with Crippen LogP contribution in [0.3, 0.4) is 0 Å². The lowest BCUT2D eigenvalue weighted by Gasteiger charge is -2.07. The Hall–Kier alpha value is -0.910. The third kappa shape index (κ3) is 2.19. The predicted octanol–water partition coefficient (Wildman–Crippen LogP) is 4.33. The van der Waals surface area contributed by atoms with Crippen molar-refractivity contribution in [3.05, 3.63) is 43.0 Å². The number of benzene rings is 1. The molecule has 0 aliphatic heterocycles. The van der Waals surface area contributed by atoms with Crippen LogP contribution >= 0.6 is 27.5 Å². The SMILES string of the molecule is [N-]=[N+]=NCc1c(F)c(F)c(Cl)c(F)c1Br. The Labute approximate surface area is 95.6 Å². The van der Waals surface area contributed by atoms with Crippen molar-refractivity contribution < 1.29 is 13.2 Å². The first-order chi connectivity index (χ1) is 7.00. The van der Waals surface area contributed by atoms with Gasteiger partial charge in [0.05, 0.1) is 11.0 Å². The van der Waals surface area contributed by atoms with E-state index in [1.54, 1.807) is 0 Å². The minimum atomic E-state index is -1.50. The number of nitrogens with zero attached hydrogens (tertiary/aromatic N) is 3. The molecule has 1 aromatic rings. The van der Waals surface area contributed by atoms with Crippen LogP contribution in [-0.4, -0.2) is 0 Å². The summed E-state index contributed by atoms with van der Waals surface area (Å²) in [6.45, 7) is -0.506. The third-order valence-corrected chi connectivity index (χ3v) is 2.75. The summed E-state index contributed by atoms with van der Waals surface area (Å²) in [6, 6.07) is 0. The molecular weight excluding hydrogens is 298 g/mol. The highest BCUT2D eigenvalue weighted by Crippen LogP contribution is 2.32. The Morgan fingerprint density at radius 3 is 2.40 bits per heavy atom. The van der Waals surface area contributed by atoms with Crippen molar-refractivity contribution in [2.45, 2.75) is 6.54 Å². The number of hydrogen-bond donors (Lipinski definition) is 0. The van der Waals surface area contributed by atoms with Crippen LogP contribution in [0.25, 0.3) is 10.4 Å². The molecule has 8 heteroatoms. The smallest absolute Gasteiger partial charge is 0.180 e. The first-order valence-electron chi connectivity index (χ1n) is 3.51. The molecule has 0 atom stereocenters. The van der Waals surface area contributed by atoms with Crippen molar-refractivity contribution in [1.29, 1.82) is 0 Å². The van der Waals surface area contributed by atoms with E-state index in [4.69, 9.17) is 17.1 Å². The molecule has 15 heavy (non-hydrogen) atoms. The normalized spacial score (nSPS) is 9.93. The monoisotopic (exact) mass is 299 g/mol. The van der Waals surface area contributed by atoms with E-state index in [0.717, 1.165) is 0 Å².